The van der Waals surface area contributed by atoms with E-state index in [9.17, 15) is 20.8 Å². The van der Waals surface area contributed by atoms with E-state index in [4.69, 9.17) is 11.6 Å². The van der Waals surface area contributed by atoms with Gasteiger partial charge in [-0.25, -0.2) is 9.97 Å². The van der Waals surface area contributed by atoms with Gasteiger partial charge in [-0.2, -0.15) is 0 Å². The quantitative estimate of drug-likeness (QED) is 0.357. The van der Waals surface area contributed by atoms with Crippen molar-refractivity contribution in [2.24, 2.45) is 0 Å². The number of halogens is 1. The van der Waals surface area contributed by atoms with E-state index < -0.39 is 22.2 Å². The number of hydroxylamine groups is 6. The zero-order valence-corrected chi connectivity index (χ0v) is 23.9. The number of hydrogen-bond donors (Lipinski definition) is 0. The summed E-state index contributed by atoms with van der Waals surface area (Å²) in [5.74, 6) is 0.0790. The van der Waals surface area contributed by atoms with Crippen molar-refractivity contribution in [2.45, 2.75) is 77.5 Å². The predicted molar refractivity (Wildman–Crippen MR) is 143 cm³/mol. The van der Waals surface area contributed by atoms with Gasteiger partial charge in [0, 0.05) is 40.2 Å². The number of amidine groups is 2. The molecular formula is C26H31ClN8O4. The van der Waals surface area contributed by atoms with Crippen molar-refractivity contribution in [3.05, 3.63) is 70.1 Å². The molecule has 4 heterocycles. The average molecular weight is 555 g/mol. The maximum absolute atomic E-state index is 13.3. The van der Waals surface area contributed by atoms with Crippen LogP contribution in [0, 0.1) is 10.4 Å². The van der Waals surface area contributed by atoms with Crippen molar-refractivity contribution < 1.29 is 19.9 Å². The third kappa shape index (κ3) is 3.44. The molecule has 39 heavy (non-hydrogen) atoms. The van der Waals surface area contributed by atoms with Crippen LogP contribution >= 0.6 is 11.6 Å². The molecule has 0 atom stereocenters. The molecule has 0 amide bonds. The molecule has 2 radical (unpaired) electrons. The van der Waals surface area contributed by atoms with E-state index in [2.05, 4.69) is 9.97 Å². The van der Waals surface area contributed by atoms with Crippen LogP contribution in [0.3, 0.4) is 0 Å². The molecule has 2 aliphatic rings. The van der Waals surface area contributed by atoms with Crippen LogP contribution in [-0.2, 0) is 10.4 Å². The van der Waals surface area contributed by atoms with Crippen LogP contribution in [-0.4, -0.2) is 72.5 Å². The molecule has 0 spiro atoms. The van der Waals surface area contributed by atoms with Gasteiger partial charge in [-0.3, -0.25) is 18.6 Å². The molecular weight excluding hydrogens is 524 g/mol. The Hall–Kier alpha value is -3.61. The summed E-state index contributed by atoms with van der Waals surface area (Å²) in [6.45, 7) is 13.7. The van der Waals surface area contributed by atoms with Crippen LogP contribution in [0.15, 0.2) is 43.0 Å². The number of hydrogen-bond acceptors (Lipinski definition) is 6. The van der Waals surface area contributed by atoms with Gasteiger partial charge < -0.3 is 10.4 Å². The second-order valence-electron chi connectivity index (χ2n) is 12.0. The highest BCUT2D eigenvalue weighted by atomic mass is 35.5. The Bertz CT molecular complexity index is 1440. The summed E-state index contributed by atoms with van der Waals surface area (Å²) in [7, 11) is 0. The van der Waals surface area contributed by atoms with E-state index in [0.29, 0.717) is 36.0 Å². The van der Waals surface area contributed by atoms with Gasteiger partial charge in [-0.05, 0) is 73.6 Å². The molecule has 2 aliphatic heterocycles. The maximum atomic E-state index is 13.3. The molecule has 0 bridgehead atoms. The standard InChI is InChI=1S/C26H31ClN8O4/c1-23(2)24(3,4)33(37)21(32(23)36)19-28-9-11-30(19)17-13-16(27)14-18(15-17)31-12-10-29-20(31)22-34(38)25(5,6)26(7,8)35(22)39/h9-15H,1-8H3. The molecule has 0 N–H and O–H groups in total. The minimum absolute atomic E-state index is 0.116. The predicted octanol–water partition coefficient (Wildman–Crippen LogP) is 3.66. The Balaban J connectivity index is 1.64. The van der Waals surface area contributed by atoms with Crippen LogP contribution in [0.1, 0.15) is 67.0 Å². The summed E-state index contributed by atoms with van der Waals surface area (Å²) < 4.78 is 4.60. The highest BCUT2D eigenvalue weighted by molar-refractivity contribution is 6.31. The van der Waals surface area contributed by atoms with Crippen molar-refractivity contribution in [3.63, 3.8) is 0 Å². The van der Waals surface area contributed by atoms with Crippen LogP contribution < -0.4 is 0 Å². The van der Waals surface area contributed by atoms with Crippen molar-refractivity contribution in [2.75, 3.05) is 0 Å². The highest BCUT2D eigenvalue weighted by Gasteiger charge is 2.62. The Morgan fingerprint density at radius 2 is 1.05 bits per heavy atom. The van der Waals surface area contributed by atoms with Gasteiger partial charge in [0.2, 0.25) is 11.6 Å². The number of imidazole rings is 2. The molecule has 0 aliphatic carbocycles. The van der Waals surface area contributed by atoms with Crippen molar-refractivity contribution in [1.29, 1.82) is 0 Å². The summed E-state index contributed by atoms with van der Waals surface area (Å²) >= 11 is 6.53. The Morgan fingerprint density at radius 1 is 0.692 bits per heavy atom. The monoisotopic (exact) mass is 554 g/mol. The summed E-state index contributed by atoms with van der Waals surface area (Å²) in [5.41, 5.74) is -3.03. The molecule has 2 aromatic heterocycles. The minimum Gasteiger partial charge on any atom is -0.714 e. The number of aromatic nitrogens is 4. The van der Waals surface area contributed by atoms with Gasteiger partial charge in [0.25, 0.3) is 0 Å². The topological polar surface area (TPSA) is 134 Å². The van der Waals surface area contributed by atoms with E-state index in [1.54, 1.807) is 95.1 Å². The fourth-order valence-corrected chi connectivity index (χ4v) is 5.00. The lowest BCUT2D eigenvalue weighted by Crippen LogP contribution is -2.53. The van der Waals surface area contributed by atoms with Gasteiger partial charge in [-0.15, -0.1) is 0 Å². The first-order valence-electron chi connectivity index (χ1n) is 12.5. The third-order valence-corrected chi connectivity index (χ3v) is 9.12. The molecule has 12 nitrogen and oxygen atoms in total. The fourth-order valence-electron chi connectivity index (χ4n) is 4.77. The van der Waals surface area contributed by atoms with Crippen LogP contribution in [0.25, 0.3) is 11.4 Å². The van der Waals surface area contributed by atoms with Crippen molar-refractivity contribution >= 4 is 23.3 Å². The largest absolute Gasteiger partial charge is 0.714 e. The van der Waals surface area contributed by atoms with Gasteiger partial charge >= 0.3 is 11.7 Å². The lowest BCUT2D eigenvalue weighted by Gasteiger charge is -2.32. The SMILES string of the molecule is CC1(C)N([O])C(c2nccn2-c2cc(Cl)cc(-n3ccnc3C3=[N+]([O-])C(C)(C)C(C)(C)N3[O])c2)=[N+]([O-])C1(C)C. The first kappa shape index (κ1) is 27.0. The van der Waals surface area contributed by atoms with E-state index in [-0.39, 0.29) is 23.3 Å². The molecule has 0 saturated carbocycles. The molecule has 0 fully saturated rings. The molecule has 1 aromatic carbocycles. The number of benzene rings is 1. The summed E-state index contributed by atoms with van der Waals surface area (Å²) in [6, 6.07) is 5.07. The van der Waals surface area contributed by atoms with Crippen LogP contribution in [0.4, 0.5) is 0 Å². The number of rotatable bonds is 4. The summed E-state index contributed by atoms with van der Waals surface area (Å²) in [5, 5.41) is 54.9. The molecule has 206 valence electrons. The van der Waals surface area contributed by atoms with Gasteiger partial charge in [0.1, 0.15) is 11.1 Å². The van der Waals surface area contributed by atoms with Crippen LogP contribution in [0.2, 0.25) is 5.02 Å². The smallest absolute Gasteiger partial charge is 0.353 e. The maximum Gasteiger partial charge on any atom is 0.353 e. The Morgan fingerprint density at radius 3 is 1.36 bits per heavy atom. The lowest BCUT2D eigenvalue weighted by molar-refractivity contribution is -0.540. The first-order chi connectivity index (χ1) is 18.0. The second kappa shape index (κ2) is 8.20. The summed E-state index contributed by atoms with van der Waals surface area (Å²) in [4.78, 5) is 8.68. The van der Waals surface area contributed by atoms with Gasteiger partial charge in [0.15, 0.2) is 11.1 Å². The Labute approximate surface area is 231 Å². The van der Waals surface area contributed by atoms with Crippen molar-refractivity contribution in [1.82, 2.24) is 29.2 Å². The Kier molecular flexibility index (Phi) is 5.67. The molecule has 0 saturated heterocycles. The van der Waals surface area contributed by atoms with E-state index in [1.807, 2.05) is 0 Å². The minimum atomic E-state index is -1.01. The van der Waals surface area contributed by atoms with E-state index >= 15 is 0 Å². The molecule has 0 unspecified atom stereocenters. The zero-order chi connectivity index (χ0) is 28.9. The van der Waals surface area contributed by atoms with E-state index in [0.717, 1.165) is 0 Å². The van der Waals surface area contributed by atoms with E-state index in [1.165, 1.54) is 12.4 Å². The van der Waals surface area contributed by atoms with Gasteiger partial charge in [0.05, 0.1) is 11.4 Å². The molecule has 13 heteroatoms. The second-order valence-corrected chi connectivity index (χ2v) is 12.4. The van der Waals surface area contributed by atoms with Crippen molar-refractivity contribution in [3.8, 4) is 11.4 Å². The molecule has 3 aromatic rings. The third-order valence-electron chi connectivity index (χ3n) is 8.90. The average Bonchev–Trinajstić information content (AvgIpc) is 3.57. The fraction of sp³-hybridized carbons (Fsp3) is 0.462. The summed E-state index contributed by atoms with van der Waals surface area (Å²) in [6.07, 6.45) is 6.24. The first-order valence-corrected chi connectivity index (χ1v) is 12.9. The molecule has 5 rings (SSSR count). The zero-order valence-electron chi connectivity index (χ0n) is 23.1. The number of nitrogens with zero attached hydrogens (tertiary/aromatic N) is 8. The lowest BCUT2D eigenvalue weighted by atomic mass is 9.84. The highest BCUT2D eigenvalue weighted by Crippen LogP contribution is 2.39. The normalized spacial score (nSPS) is 21.4. The van der Waals surface area contributed by atoms with Gasteiger partial charge in [-0.1, -0.05) is 21.7 Å². The van der Waals surface area contributed by atoms with Crippen LogP contribution in [0.5, 0.6) is 0 Å².